The lowest BCUT2D eigenvalue weighted by molar-refractivity contribution is -0.119. The number of amides is 1. The molecule has 25 heavy (non-hydrogen) atoms. The summed E-state index contributed by atoms with van der Waals surface area (Å²) in [7, 11) is 0. The third kappa shape index (κ3) is 3.35. The summed E-state index contributed by atoms with van der Waals surface area (Å²) in [6.07, 6.45) is 4.25. The Balaban J connectivity index is 1.60. The number of carbonyl (C=O) groups is 1. The molecule has 0 aliphatic heterocycles. The van der Waals surface area contributed by atoms with E-state index in [2.05, 4.69) is 10.4 Å². The maximum absolute atomic E-state index is 12.5. The average Bonchev–Trinajstić information content (AvgIpc) is 3.36. The van der Waals surface area contributed by atoms with Gasteiger partial charge in [0.15, 0.2) is 0 Å². The van der Waals surface area contributed by atoms with Crippen LogP contribution in [0.3, 0.4) is 0 Å². The van der Waals surface area contributed by atoms with E-state index in [1.165, 1.54) is 11.3 Å². The fraction of sp³-hybridized carbons (Fsp3) is 0.316. The molecule has 1 N–H and O–H groups in total. The van der Waals surface area contributed by atoms with Crippen LogP contribution in [-0.4, -0.2) is 20.7 Å². The highest BCUT2D eigenvalue weighted by Gasteiger charge is 2.24. The van der Waals surface area contributed by atoms with Crippen molar-refractivity contribution in [2.24, 2.45) is 5.92 Å². The molecule has 0 unspecified atom stereocenters. The smallest absolute Gasteiger partial charge is 0.228 e. The Labute approximate surface area is 150 Å². The van der Waals surface area contributed by atoms with E-state index in [0.29, 0.717) is 5.82 Å². The second-order valence-electron chi connectivity index (χ2n) is 6.43. The molecular formula is C19H20N4OS. The number of nitrogens with one attached hydrogen (secondary N) is 1. The van der Waals surface area contributed by atoms with E-state index in [1.807, 2.05) is 48.7 Å². The van der Waals surface area contributed by atoms with Crippen LogP contribution < -0.4 is 5.32 Å². The molecule has 1 aromatic carbocycles. The van der Waals surface area contributed by atoms with Crippen LogP contribution in [0.4, 0.5) is 5.82 Å². The molecule has 0 atom stereocenters. The number of rotatable bonds is 4. The molecule has 1 aliphatic rings. The number of anilines is 1. The Hall–Kier alpha value is -2.47. The van der Waals surface area contributed by atoms with Crippen molar-refractivity contribution in [2.45, 2.75) is 32.6 Å². The predicted octanol–water partition coefficient (Wildman–Crippen LogP) is 4.43. The van der Waals surface area contributed by atoms with Crippen molar-refractivity contribution in [3.8, 4) is 16.4 Å². The van der Waals surface area contributed by atoms with E-state index >= 15 is 0 Å². The Kier molecular flexibility index (Phi) is 4.36. The highest BCUT2D eigenvalue weighted by Crippen LogP contribution is 2.28. The molecule has 2 aromatic heterocycles. The van der Waals surface area contributed by atoms with Gasteiger partial charge >= 0.3 is 0 Å². The monoisotopic (exact) mass is 352 g/mol. The summed E-state index contributed by atoms with van der Waals surface area (Å²) >= 11 is 1.52. The van der Waals surface area contributed by atoms with E-state index in [1.54, 1.807) is 4.68 Å². The SMILES string of the molecule is Cc1cc(NC(=O)C2CCCC2)n(-c2nc(-c3ccccc3)cs2)n1. The van der Waals surface area contributed by atoms with Gasteiger partial charge in [-0.3, -0.25) is 4.79 Å². The summed E-state index contributed by atoms with van der Waals surface area (Å²) in [5.41, 5.74) is 2.85. The first kappa shape index (κ1) is 16.0. The van der Waals surface area contributed by atoms with Crippen LogP contribution in [0.5, 0.6) is 0 Å². The minimum absolute atomic E-state index is 0.0958. The van der Waals surface area contributed by atoms with Crippen LogP contribution in [-0.2, 0) is 4.79 Å². The molecule has 0 bridgehead atoms. The second kappa shape index (κ2) is 6.80. The van der Waals surface area contributed by atoms with Gasteiger partial charge in [0.25, 0.3) is 0 Å². The molecule has 1 aliphatic carbocycles. The topological polar surface area (TPSA) is 59.8 Å². The van der Waals surface area contributed by atoms with Crippen molar-refractivity contribution >= 4 is 23.1 Å². The van der Waals surface area contributed by atoms with Gasteiger partial charge in [-0.05, 0) is 19.8 Å². The fourth-order valence-electron chi connectivity index (χ4n) is 3.25. The predicted molar refractivity (Wildman–Crippen MR) is 100.0 cm³/mol. The number of aryl methyl sites for hydroxylation is 1. The molecule has 1 saturated carbocycles. The Morgan fingerprint density at radius 3 is 2.76 bits per heavy atom. The summed E-state index contributed by atoms with van der Waals surface area (Å²) in [6.45, 7) is 1.92. The standard InChI is InChI=1S/C19H20N4OS/c1-13-11-17(21-18(24)15-9-5-6-10-15)23(22-13)19-20-16(12-25-19)14-7-3-2-4-8-14/h2-4,7-8,11-12,15H,5-6,9-10H2,1H3,(H,21,24). The molecule has 6 heteroatoms. The van der Waals surface area contributed by atoms with Gasteiger partial charge < -0.3 is 5.32 Å². The average molecular weight is 352 g/mol. The number of carbonyl (C=O) groups excluding carboxylic acids is 1. The van der Waals surface area contributed by atoms with E-state index < -0.39 is 0 Å². The van der Waals surface area contributed by atoms with Crippen LogP contribution in [0.2, 0.25) is 0 Å². The lowest BCUT2D eigenvalue weighted by atomic mass is 10.1. The maximum Gasteiger partial charge on any atom is 0.228 e. The zero-order valence-corrected chi connectivity index (χ0v) is 14.9. The Morgan fingerprint density at radius 1 is 1.24 bits per heavy atom. The minimum atomic E-state index is 0.0958. The third-order valence-electron chi connectivity index (χ3n) is 4.55. The number of benzene rings is 1. The molecule has 3 aromatic rings. The number of aromatic nitrogens is 3. The first-order valence-corrected chi connectivity index (χ1v) is 9.47. The number of hydrogen-bond acceptors (Lipinski definition) is 4. The molecule has 5 nitrogen and oxygen atoms in total. The van der Waals surface area contributed by atoms with Gasteiger partial charge in [-0.1, -0.05) is 43.2 Å². The van der Waals surface area contributed by atoms with Crippen LogP contribution in [0, 0.1) is 12.8 Å². The van der Waals surface area contributed by atoms with Crippen molar-refractivity contribution in [1.82, 2.24) is 14.8 Å². The fourth-order valence-corrected chi connectivity index (χ4v) is 4.05. The molecule has 0 saturated heterocycles. The summed E-state index contributed by atoms with van der Waals surface area (Å²) in [5.74, 6) is 0.918. The van der Waals surface area contributed by atoms with Gasteiger partial charge in [0.1, 0.15) is 5.82 Å². The highest BCUT2D eigenvalue weighted by molar-refractivity contribution is 7.12. The molecule has 4 rings (SSSR count). The lowest BCUT2D eigenvalue weighted by Crippen LogP contribution is -2.22. The Morgan fingerprint density at radius 2 is 2.00 bits per heavy atom. The quantitative estimate of drug-likeness (QED) is 0.755. The van der Waals surface area contributed by atoms with Crippen LogP contribution in [0.25, 0.3) is 16.4 Å². The van der Waals surface area contributed by atoms with Gasteiger partial charge in [0.2, 0.25) is 11.0 Å². The number of thiazole rings is 1. The summed E-state index contributed by atoms with van der Waals surface area (Å²) < 4.78 is 1.74. The second-order valence-corrected chi connectivity index (χ2v) is 7.27. The normalized spacial score (nSPS) is 14.8. The molecule has 0 spiro atoms. The first-order valence-electron chi connectivity index (χ1n) is 8.59. The van der Waals surface area contributed by atoms with Crippen LogP contribution in [0.1, 0.15) is 31.4 Å². The molecule has 1 fully saturated rings. The van der Waals surface area contributed by atoms with Gasteiger partial charge in [0, 0.05) is 22.9 Å². The van der Waals surface area contributed by atoms with Gasteiger partial charge in [-0.15, -0.1) is 11.3 Å². The van der Waals surface area contributed by atoms with Gasteiger partial charge in [0.05, 0.1) is 11.4 Å². The zero-order chi connectivity index (χ0) is 17.2. The largest absolute Gasteiger partial charge is 0.310 e. The van der Waals surface area contributed by atoms with Gasteiger partial charge in [-0.25, -0.2) is 4.98 Å². The minimum Gasteiger partial charge on any atom is -0.310 e. The van der Waals surface area contributed by atoms with E-state index in [9.17, 15) is 4.79 Å². The Bertz CT molecular complexity index is 878. The van der Waals surface area contributed by atoms with Gasteiger partial charge in [-0.2, -0.15) is 9.78 Å². The van der Waals surface area contributed by atoms with Crippen molar-refractivity contribution in [1.29, 1.82) is 0 Å². The molecule has 128 valence electrons. The number of hydrogen-bond donors (Lipinski definition) is 1. The van der Waals surface area contributed by atoms with Crippen molar-refractivity contribution in [3.63, 3.8) is 0 Å². The van der Waals surface area contributed by atoms with Crippen LogP contribution in [0.15, 0.2) is 41.8 Å². The summed E-state index contributed by atoms with van der Waals surface area (Å²) in [6, 6.07) is 12.0. The van der Waals surface area contributed by atoms with E-state index in [4.69, 9.17) is 4.98 Å². The van der Waals surface area contributed by atoms with Crippen molar-refractivity contribution in [3.05, 3.63) is 47.5 Å². The van der Waals surface area contributed by atoms with Crippen LogP contribution >= 0.6 is 11.3 Å². The zero-order valence-electron chi connectivity index (χ0n) is 14.1. The van der Waals surface area contributed by atoms with E-state index in [-0.39, 0.29) is 11.8 Å². The maximum atomic E-state index is 12.5. The lowest BCUT2D eigenvalue weighted by Gasteiger charge is -2.10. The van der Waals surface area contributed by atoms with Crippen molar-refractivity contribution in [2.75, 3.05) is 5.32 Å². The van der Waals surface area contributed by atoms with E-state index in [0.717, 1.165) is 47.8 Å². The highest BCUT2D eigenvalue weighted by atomic mass is 32.1. The summed E-state index contributed by atoms with van der Waals surface area (Å²) in [4.78, 5) is 17.2. The first-order chi connectivity index (χ1) is 12.2. The molecule has 0 radical (unpaired) electrons. The van der Waals surface area contributed by atoms with Crippen molar-refractivity contribution < 1.29 is 4.79 Å². The molecule has 2 heterocycles. The number of nitrogens with zero attached hydrogens (tertiary/aromatic N) is 3. The molecular weight excluding hydrogens is 332 g/mol. The molecule has 1 amide bonds. The summed E-state index contributed by atoms with van der Waals surface area (Å²) in [5, 5.41) is 10.3. The third-order valence-corrected chi connectivity index (χ3v) is 5.37.